The Balaban J connectivity index is 0.00000134. The SMILES string of the molecule is O=CO.OC(Cn1cnnn1)(c1ccc(F)cc1F)C(F)(F)c1ccc(-c2ccc(OC(F)(F)F)cc2)cn1. The van der Waals surface area contributed by atoms with Gasteiger partial charge >= 0.3 is 12.3 Å². The summed E-state index contributed by atoms with van der Waals surface area (Å²) in [5.74, 6) is -7.20. The number of halogens is 7. The average Bonchev–Trinajstić information content (AvgIpc) is 3.37. The third-order valence-corrected chi connectivity index (χ3v) is 5.18. The number of aliphatic hydroxyl groups is 1. The van der Waals surface area contributed by atoms with E-state index in [4.69, 9.17) is 9.90 Å². The number of alkyl halides is 5. The molecule has 16 heteroatoms. The van der Waals surface area contributed by atoms with Gasteiger partial charge in [0.25, 0.3) is 6.47 Å². The summed E-state index contributed by atoms with van der Waals surface area (Å²) < 4.78 is 101. The van der Waals surface area contributed by atoms with Gasteiger partial charge < -0.3 is 14.9 Å². The molecule has 39 heavy (non-hydrogen) atoms. The number of tetrazole rings is 1. The van der Waals surface area contributed by atoms with Gasteiger partial charge in [-0.1, -0.05) is 18.2 Å². The largest absolute Gasteiger partial charge is 0.573 e. The van der Waals surface area contributed by atoms with Gasteiger partial charge in [-0.15, -0.1) is 18.3 Å². The zero-order chi connectivity index (χ0) is 28.8. The fourth-order valence-electron chi connectivity index (χ4n) is 3.48. The molecule has 0 aliphatic carbocycles. The quantitative estimate of drug-likeness (QED) is 0.254. The van der Waals surface area contributed by atoms with E-state index < -0.39 is 53.1 Å². The minimum atomic E-state index is -4.88. The zero-order valence-electron chi connectivity index (χ0n) is 19.2. The van der Waals surface area contributed by atoms with Gasteiger partial charge in [-0.05, 0) is 46.3 Å². The van der Waals surface area contributed by atoms with E-state index in [0.717, 1.165) is 35.4 Å². The van der Waals surface area contributed by atoms with Crippen LogP contribution in [-0.4, -0.2) is 48.2 Å². The Morgan fingerprint density at radius 3 is 2.10 bits per heavy atom. The summed E-state index contributed by atoms with van der Waals surface area (Å²) in [6.45, 7) is -1.26. The first-order valence-electron chi connectivity index (χ1n) is 10.5. The smallest absolute Gasteiger partial charge is 0.483 e. The van der Waals surface area contributed by atoms with Gasteiger partial charge in [0, 0.05) is 23.4 Å². The summed E-state index contributed by atoms with van der Waals surface area (Å²) in [7, 11) is 0. The van der Waals surface area contributed by atoms with Crippen molar-refractivity contribution in [3.8, 4) is 16.9 Å². The van der Waals surface area contributed by atoms with E-state index in [2.05, 4.69) is 25.2 Å². The number of carbonyl (C=O) groups is 1. The molecule has 0 aliphatic heterocycles. The second kappa shape index (κ2) is 11.4. The molecular formula is C23H16F7N5O4. The molecule has 0 saturated heterocycles. The minimum Gasteiger partial charge on any atom is -0.483 e. The number of aromatic nitrogens is 5. The highest BCUT2D eigenvalue weighted by atomic mass is 19.4. The molecule has 4 aromatic rings. The van der Waals surface area contributed by atoms with Gasteiger partial charge in [-0.25, -0.2) is 13.5 Å². The molecule has 0 radical (unpaired) electrons. The minimum absolute atomic E-state index is 0.250. The Labute approximate surface area is 214 Å². The molecule has 2 aromatic carbocycles. The molecule has 1 unspecified atom stereocenters. The maximum absolute atomic E-state index is 15.7. The molecule has 2 heterocycles. The van der Waals surface area contributed by atoms with Crippen LogP contribution in [-0.2, 0) is 22.9 Å². The van der Waals surface area contributed by atoms with Crippen molar-refractivity contribution in [2.24, 2.45) is 0 Å². The Bertz CT molecular complexity index is 1390. The zero-order valence-corrected chi connectivity index (χ0v) is 19.2. The lowest BCUT2D eigenvalue weighted by atomic mass is 9.84. The molecule has 1 atom stereocenters. The van der Waals surface area contributed by atoms with Crippen molar-refractivity contribution in [2.45, 2.75) is 24.4 Å². The van der Waals surface area contributed by atoms with Gasteiger partial charge in [-0.2, -0.15) is 8.78 Å². The summed E-state index contributed by atoms with van der Waals surface area (Å²) in [6, 6.07) is 8.38. The lowest BCUT2D eigenvalue weighted by Gasteiger charge is -2.35. The fraction of sp³-hybridized carbons (Fsp3) is 0.174. The third kappa shape index (κ3) is 6.64. The van der Waals surface area contributed by atoms with Gasteiger partial charge in [0.1, 0.15) is 29.4 Å². The predicted molar refractivity (Wildman–Crippen MR) is 117 cm³/mol. The number of ether oxygens (including phenoxy) is 1. The number of pyridine rings is 1. The van der Waals surface area contributed by atoms with Gasteiger partial charge in [0.05, 0.1) is 6.54 Å². The number of rotatable bonds is 7. The van der Waals surface area contributed by atoms with E-state index >= 15 is 8.78 Å². The number of hydrogen-bond acceptors (Lipinski definition) is 7. The molecule has 2 aromatic heterocycles. The van der Waals surface area contributed by atoms with Crippen molar-refractivity contribution in [2.75, 3.05) is 0 Å². The highest BCUT2D eigenvalue weighted by Gasteiger charge is 2.58. The van der Waals surface area contributed by atoms with Crippen molar-refractivity contribution >= 4 is 6.47 Å². The maximum atomic E-state index is 15.7. The molecule has 2 N–H and O–H groups in total. The Hall–Kier alpha value is -4.60. The van der Waals surface area contributed by atoms with Crippen LogP contribution >= 0.6 is 0 Å². The standard InChI is InChI=1S/C22H14F7N5O2.CH2O2/c23-15-4-7-17(18(24)9-15)20(35,11-34-12-31-32-33-34)21(25,26)19-8-3-14(10-30-19)13-1-5-16(6-2-13)36-22(27,28)29;2-1-3/h1-10,12,35H,11H2;1H,(H,2,3). The summed E-state index contributed by atoms with van der Waals surface area (Å²) in [4.78, 5) is 12.1. The second-order valence-electron chi connectivity index (χ2n) is 7.68. The fourth-order valence-corrected chi connectivity index (χ4v) is 3.48. The highest BCUT2D eigenvalue weighted by molar-refractivity contribution is 5.63. The number of carboxylic acid groups (broad SMARTS) is 1. The lowest BCUT2D eigenvalue weighted by molar-refractivity contribution is -0.274. The molecule has 206 valence electrons. The summed E-state index contributed by atoms with van der Waals surface area (Å²) >= 11 is 0. The lowest BCUT2D eigenvalue weighted by Crippen LogP contribution is -2.48. The van der Waals surface area contributed by atoms with E-state index in [9.17, 15) is 27.1 Å². The van der Waals surface area contributed by atoms with E-state index in [1.807, 2.05) is 0 Å². The van der Waals surface area contributed by atoms with Crippen LogP contribution in [0.3, 0.4) is 0 Å². The van der Waals surface area contributed by atoms with Crippen molar-refractivity contribution in [1.82, 2.24) is 25.2 Å². The molecular weight excluding hydrogens is 543 g/mol. The second-order valence-corrected chi connectivity index (χ2v) is 7.68. The van der Waals surface area contributed by atoms with Crippen LogP contribution in [0.5, 0.6) is 5.75 Å². The van der Waals surface area contributed by atoms with Crippen LogP contribution in [0.1, 0.15) is 11.3 Å². The van der Waals surface area contributed by atoms with E-state index in [-0.39, 0.29) is 12.0 Å². The van der Waals surface area contributed by atoms with Crippen LogP contribution in [0.15, 0.2) is 67.1 Å². The number of nitrogens with zero attached hydrogens (tertiary/aromatic N) is 5. The first-order chi connectivity index (χ1) is 18.3. The molecule has 0 saturated carbocycles. The molecule has 4 rings (SSSR count). The summed E-state index contributed by atoms with van der Waals surface area (Å²) in [5.41, 5.74) is -4.60. The molecule has 0 bridgehead atoms. The maximum Gasteiger partial charge on any atom is 0.573 e. The monoisotopic (exact) mass is 559 g/mol. The van der Waals surface area contributed by atoms with Gasteiger partial charge in [0.2, 0.25) is 0 Å². The van der Waals surface area contributed by atoms with Crippen LogP contribution in [0.2, 0.25) is 0 Å². The average molecular weight is 559 g/mol. The number of benzene rings is 2. The summed E-state index contributed by atoms with van der Waals surface area (Å²) in [6.07, 6.45) is -2.95. The summed E-state index contributed by atoms with van der Waals surface area (Å²) in [5, 5.41) is 28.1. The predicted octanol–water partition coefficient (Wildman–Crippen LogP) is 4.29. The van der Waals surface area contributed by atoms with Crippen molar-refractivity contribution in [3.63, 3.8) is 0 Å². The van der Waals surface area contributed by atoms with Crippen molar-refractivity contribution < 1.29 is 50.5 Å². The van der Waals surface area contributed by atoms with Crippen LogP contribution in [0, 0.1) is 11.6 Å². The molecule has 0 fully saturated rings. The van der Waals surface area contributed by atoms with Crippen molar-refractivity contribution in [3.05, 3.63) is 90.0 Å². The van der Waals surface area contributed by atoms with E-state index in [1.54, 1.807) is 0 Å². The van der Waals surface area contributed by atoms with E-state index in [0.29, 0.717) is 23.8 Å². The molecule has 9 nitrogen and oxygen atoms in total. The third-order valence-electron chi connectivity index (χ3n) is 5.18. The first kappa shape index (κ1) is 29.0. The Morgan fingerprint density at radius 2 is 1.59 bits per heavy atom. The highest BCUT2D eigenvalue weighted by Crippen LogP contribution is 2.46. The van der Waals surface area contributed by atoms with Crippen LogP contribution < -0.4 is 4.74 Å². The van der Waals surface area contributed by atoms with Crippen LogP contribution in [0.25, 0.3) is 11.1 Å². The van der Waals surface area contributed by atoms with Crippen molar-refractivity contribution in [1.29, 1.82) is 0 Å². The molecule has 0 amide bonds. The number of hydrogen-bond donors (Lipinski definition) is 2. The van der Waals surface area contributed by atoms with Gasteiger partial charge in [-0.3, -0.25) is 9.78 Å². The Morgan fingerprint density at radius 1 is 0.949 bits per heavy atom. The first-order valence-corrected chi connectivity index (χ1v) is 10.5. The normalized spacial score (nSPS) is 13.1. The molecule has 0 spiro atoms. The topological polar surface area (TPSA) is 123 Å². The van der Waals surface area contributed by atoms with E-state index in [1.165, 1.54) is 18.2 Å². The van der Waals surface area contributed by atoms with Crippen LogP contribution in [0.4, 0.5) is 30.7 Å². The Kier molecular flexibility index (Phi) is 8.48. The molecule has 0 aliphatic rings. The van der Waals surface area contributed by atoms with Gasteiger partial charge in [0.15, 0.2) is 5.60 Å².